The molecule has 0 amide bonds. The Balaban J connectivity index is 1.37. The number of nitrogens with two attached hydrogens (primary N) is 1. The predicted molar refractivity (Wildman–Crippen MR) is 173 cm³/mol. The van der Waals surface area contributed by atoms with E-state index in [1.807, 2.05) is 6.07 Å². The number of nitriles is 2. The molecule has 3 fully saturated rings. The average Bonchev–Trinajstić information content (AvgIpc) is 3.61. The first-order chi connectivity index (χ1) is 22.2. The number of thiophene rings is 1. The Bertz CT molecular complexity index is 1940. The average molecular weight is 666 g/mol. The van der Waals surface area contributed by atoms with Crippen LogP contribution in [-0.4, -0.2) is 59.4 Å². The van der Waals surface area contributed by atoms with Crippen LogP contribution in [0.25, 0.3) is 32.1 Å². The number of alkyl halides is 1. The number of nitrogens with zero attached hydrogens (tertiary/aromatic N) is 6. The molecule has 7 rings (SSSR count). The maximum absolute atomic E-state index is 16.9. The molecule has 0 spiro atoms. The summed E-state index contributed by atoms with van der Waals surface area (Å²) in [5.74, 6) is -0.627. The third-order valence-electron chi connectivity index (χ3n) is 9.80. The van der Waals surface area contributed by atoms with Crippen LogP contribution in [-0.2, 0) is 0 Å². The maximum atomic E-state index is 16.9. The third-order valence-corrected chi connectivity index (χ3v) is 11.1. The highest BCUT2D eigenvalue weighted by Crippen LogP contribution is 2.46. The lowest BCUT2D eigenvalue weighted by atomic mass is 9.95. The normalized spacial score (nSPS) is 23.4. The Morgan fingerprint density at radius 2 is 2.00 bits per heavy atom. The zero-order valence-corrected chi connectivity index (χ0v) is 26.5. The monoisotopic (exact) mass is 665 g/mol. The Labute approximate surface area is 273 Å². The Kier molecular flexibility index (Phi) is 8.08. The van der Waals surface area contributed by atoms with Gasteiger partial charge in [-0.1, -0.05) is 17.7 Å². The van der Waals surface area contributed by atoms with Crippen LogP contribution >= 0.6 is 22.9 Å². The molecule has 13 heteroatoms. The lowest BCUT2D eigenvalue weighted by Gasteiger charge is -2.31. The fourth-order valence-corrected chi connectivity index (χ4v) is 8.82. The van der Waals surface area contributed by atoms with Crippen molar-refractivity contribution in [2.75, 3.05) is 43.4 Å². The van der Waals surface area contributed by atoms with Crippen molar-refractivity contribution in [1.82, 2.24) is 14.9 Å². The molecule has 3 aliphatic rings. The number of benzene rings is 2. The van der Waals surface area contributed by atoms with Gasteiger partial charge in [-0.05, 0) is 62.3 Å². The molecule has 3 atom stereocenters. The molecule has 2 aromatic carbocycles. The summed E-state index contributed by atoms with van der Waals surface area (Å²) in [7, 11) is 0. The van der Waals surface area contributed by atoms with Crippen LogP contribution in [0.2, 0.25) is 5.02 Å². The van der Waals surface area contributed by atoms with Crippen LogP contribution in [0.1, 0.15) is 50.5 Å². The van der Waals surface area contributed by atoms with E-state index in [0.717, 1.165) is 50.0 Å². The summed E-state index contributed by atoms with van der Waals surface area (Å²) in [5, 5.41) is 19.8. The minimum atomic E-state index is -0.936. The number of fused-ring (bicyclic) bond motifs is 3. The minimum absolute atomic E-state index is 0.0298. The van der Waals surface area contributed by atoms with E-state index < -0.39 is 23.3 Å². The van der Waals surface area contributed by atoms with Crippen LogP contribution in [0.5, 0.6) is 6.01 Å². The summed E-state index contributed by atoms with van der Waals surface area (Å²) >= 11 is 7.75. The quantitative estimate of drug-likeness (QED) is 0.227. The van der Waals surface area contributed by atoms with Crippen molar-refractivity contribution in [3.63, 3.8) is 0 Å². The molecule has 0 radical (unpaired) electrons. The number of anilines is 2. The Hall–Kier alpha value is -3.84. The van der Waals surface area contributed by atoms with E-state index in [4.69, 9.17) is 27.1 Å². The van der Waals surface area contributed by atoms with E-state index in [0.29, 0.717) is 43.7 Å². The van der Waals surface area contributed by atoms with Crippen LogP contribution < -0.4 is 15.4 Å². The predicted octanol–water partition coefficient (Wildman–Crippen LogP) is 7.37. The van der Waals surface area contributed by atoms with Gasteiger partial charge in [0, 0.05) is 48.8 Å². The molecule has 5 heterocycles. The maximum Gasteiger partial charge on any atom is 0.319 e. The molecule has 238 valence electrons. The summed E-state index contributed by atoms with van der Waals surface area (Å²) in [4.78, 5) is 13.5. The third kappa shape index (κ3) is 5.17. The van der Waals surface area contributed by atoms with Gasteiger partial charge in [-0.3, -0.25) is 4.90 Å². The van der Waals surface area contributed by atoms with Crippen molar-refractivity contribution in [1.29, 1.82) is 10.5 Å². The standard InChI is InChI=1S/C33H31ClF3N7OS/c34-23-13-21-28(27(37)26(23)20-4-5-24(36)29-25(20)22(15-39)30(40)46-29)41-32(45-17-33-8-2-11-44(33)16-19(35)14-33)42-31(21)43-10-1-3-18(6-9-38)7-12-43/h4-5,13,18-19H,1-3,6-8,10-12,14,16-17,40H2/t18?,19-,33+/m1/s1. The molecule has 2 aromatic heterocycles. The van der Waals surface area contributed by atoms with Gasteiger partial charge in [-0.2, -0.15) is 20.5 Å². The first-order valence-corrected chi connectivity index (χ1v) is 16.7. The van der Waals surface area contributed by atoms with Crippen molar-refractivity contribution in [2.24, 2.45) is 5.92 Å². The summed E-state index contributed by atoms with van der Waals surface area (Å²) < 4.78 is 52.6. The highest BCUT2D eigenvalue weighted by molar-refractivity contribution is 7.23. The van der Waals surface area contributed by atoms with Gasteiger partial charge in [0.1, 0.15) is 41.0 Å². The van der Waals surface area contributed by atoms with E-state index in [1.165, 1.54) is 12.1 Å². The van der Waals surface area contributed by atoms with Gasteiger partial charge in [-0.25, -0.2) is 13.2 Å². The number of halogens is 4. The molecule has 3 aliphatic heterocycles. The molecular weight excluding hydrogens is 635 g/mol. The van der Waals surface area contributed by atoms with Gasteiger partial charge in [0.15, 0.2) is 5.82 Å². The van der Waals surface area contributed by atoms with Crippen molar-refractivity contribution in [3.8, 4) is 29.3 Å². The molecular formula is C33H31ClF3N7OS. The van der Waals surface area contributed by atoms with Crippen LogP contribution in [0.4, 0.5) is 24.0 Å². The SMILES string of the molecule is N#CCC1CCCN(c2nc(OC[C@@]34CCCN3C[C@H](F)C4)nc3c(F)c(-c4ccc(F)c5sc(N)c(C#N)c45)c(Cl)cc23)CC1. The van der Waals surface area contributed by atoms with E-state index in [2.05, 4.69) is 20.9 Å². The molecule has 4 aromatic rings. The number of hydrogen-bond acceptors (Lipinski definition) is 9. The van der Waals surface area contributed by atoms with Crippen LogP contribution in [0, 0.1) is 40.2 Å². The number of nitrogen functional groups attached to an aromatic ring is 1. The van der Waals surface area contributed by atoms with Gasteiger partial charge in [-0.15, -0.1) is 11.3 Å². The van der Waals surface area contributed by atoms with Gasteiger partial charge in [0.2, 0.25) is 0 Å². The second kappa shape index (κ2) is 12.1. The summed E-state index contributed by atoms with van der Waals surface area (Å²) in [6.07, 6.45) is 4.11. The lowest BCUT2D eigenvalue weighted by molar-refractivity contribution is 0.107. The Morgan fingerprint density at radius 3 is 2.80 bits per heavy atom. The lowest BCUT2D eigenvalue weighted by Crippen LogP contribution is -2.43. The second-order valence-electron chi connectivity index (χ2n) is 12.5. The zero-order valence-electron chi connectivity index (χ0n) is 25.0. The molecule has 2 N–H and O–H groups in total. The van der Waals surface area contributed by atoms with E-state index in [-0.39, 0.29) is 60.9 Å². The number of rotatable bonds is 6. The number of aromatic nitrogens is 2. The summed E-state index contributed by atoms with van der Waals surface area (Å²) in [6, 6.07) is 8.47. The largest absolute Gasteiger partial charge is 0.461 e. The van der Waals surface area contributed by atoms with Crippen molar-refractivity contribution in [3.05, 3.63) is 40.4 Å². The first kappa shape index (κ1) is 30.8. The Morgan fingerprint density at radius 1 is 1.15 bits per heavy atom. The zero-order chi connectivity index (χ0) is 32.2. The van der Waals surface area contributed by atoms with Crippen molar-refractivity contribution >= 4 is 54.7 Å². The van der Waals surface area contributed by atoms with Crippen LogP contribution in [0.15, 0.2) is 18.2 Å². The number of ether oxygens (including phenoxy) is 1. The fraction of sp³-hybridized carbons (Fsp3) is 0.455. The summed E-state index contributed by atoms with van der Waals surface area (Å²) in [5.41, 5.74) is 5.80. The molecule has 3 saturated heterocycles. The highest BCUT2D eigenvalue weighted by atomic mass is 35.5. The van der Waals surface area contributed by atoms with Gasteiger partial charge in [0.25, 0.3) is 0 Å². The van der Waals surface area contributed by atoms with E-state index in [9.17, 15) is 19.3 Å². The van der Waals surface area contributed by atoms with Gasteiger partial charge < -0.3 is 15.4 Å². The number of hydrogen-bond donors (Lipinski definition) is 1. The van der Waals surface area contributed by atoms with E-state index in [1.54, 1.807) is 6.07 Å². The van der Waals surface area contributed by atoms with Crippen molar-refractivity contribution in [2.45, 2.75) is 56.7 Å². The molecule has 0 bridgehead atoms. The van der Waals surface area contributed by atoms with Crippen molar-refractivity contribution < 1.29 is 17.9 Å². The van der Waals surface area contributed by atoms with Gasteiger partial charge >= 0.3 is 6.01 Å². The minimum Gasteiger partial charge on any atom is -0.461 e. The smallest absolute Gasteiger partial charge is 0.319 e. The summed E-state index contributed by atoms with van der Waals surface area (Å²) in [6.45, 7) is 2.56. The molecule has 0 aliphatic carbocycles. The highest BCUT2D eigenvalue weighted by Gasteiger charge is 2.49. The van der Waals surface area contributed by atoms with Crippen LogP contribution in [0.3, 0.4) is 0 Å². The first-order valence-electron chi connectivity index (χ1n) is 15.5. The second-order valence-corrected chi connectivity index (χ2v) is 14.0. The fourth-order valence-electron chi connectivity index (χ4n) is 7.58. The molecule has 8 nitrogen and oxygen atoms in total. The topological polar surface area (TPSA) is 115 Å². The van der Waals surface area contributed by atoms with E-state index >= 15 is 4.39 Å². The molecule has 1 unspecified atom stereocenters. The molecule has 0 saturated carbocycles. The van der Waals surface area contributed by atoms with Gasteiger partial charge in [0.05, 0.1) is 26.9 Å². The molecule has 46 heavy (non-hydrogen) atoms.